The fraction of sp³-hybridized carbons (Fsp3) is 0.500. The van der Waals surface area contributed by atoms with Gasteiger partial charge in [-0.1, -0.05) is 0 Å². The molecule has 0 rings (SSSR count). The van der Waals surface area contributed by atoms with Crippen LogP contribution in [0.5, 0.6) is 0 Å². The normalized spacial score (nSPS) is 11.7. The van der Waals surface area contributed by atoms with Crippen molar-refractivity contribution in [3.05, 3.63) is 0 Å². The molecular weight excluding hydrogens is 148 g/mol. The second-order valence-corrected chi connectivity index (χ2v) is 2.11. The van der Waals surface area contributed by atoms with Gasteiger partial charge in [-0.3, -0.25) is 9.59 Å². The number of carbonyl (C=O) groups excluding carboxylic acids is 3. The van der Waals surface area contributed by atoms with E-state index in [1.54, 1.807) is 0 Å². The molecule has 0 heterocycles. The minimum absolute atomic E-state index is 0.150. The Morgan fingerprint density at radius 1 is 1.64 bits per heavy atom. The minimum atomic E-state index is -0.787. The smallest absolute Gasteiger partial charge is 0.219 e. The number of hydrogen-bond acceptors (Lipinski definition) is 3. The quantitative estimate of drug-likeness (QED) is 0.491. The first-order chi connectivity index (χ1) is 5.06. The summed E-state index contributed by atoms with van der Waals surface area (Å²) < 4.78 is 0. The van der Waals surface area contributed by atoms with Gasteiger partial charge in [-0.25, -0.2) is 0 Å². The lowest BCUT2D eigenvalue weighted by atomic mass is 10.2. The summed E-state index contributed by atoms with van der Waals surface area (Å²) in [5.74, 6) is -0.973. The van der Waals surface area contributed by atoms with E-state index in [0.29, 0.717) is 6.29 Å². The number of carbonyl (C=O) groups is 3. The lowest BCUT2D eigenvalue weighted by Gasteiger charge is -2.07. The molecule has 0 bridgehead atoms. The highest BCUT2D eigenvalue weighted by atomic mass is 16.2. The highest BCUT2D eigenvalue weighted by molar-refractivity contribution is 5.82. The topological polar surface area (TPSA) is 89.3 Å². The maximum atomic E-state index is 10.4. The van der Waals surface area contributed by atoms with E-state index in [4.69, 9.17) is 5.73 Å². The van der Waals surface area contributed by atoms with Gasteiger partial charge >= 0.3 is 0 Å². The molecule has 0 spiro atoms. The molecular formula is C6H10N2O3. The first kappa shape index (κ1) is 9.61. The third kappa shape index (κ3) is 5.07. The Hall–Kier alpha value is -1.39. The zero-order valence-electron chi connectivity index (χ0n) is 6.16. The van der Waals surface area contributed by atoms with Crippen molar-refractivity contribution in [3.63, 3.8) is 0 Å². The largest absolute Gasteiger partial charge is 0.370 e. The zero-order valence-corrected chi connectivity index (χ0v) is 6.16. The summed E-state index contributed by atoms with van der Waals surface area (Å²) in [6.07, 6.45) is 0.329. The van der Waals surface area contributed by atoms with Crippen molar-refractivity contribution in [2.75, 3.05) is 0 Å². The lowest BCUT2D eigenvalue weighted by Crippen LogP contribution is -2.37. The number of aldehydes is 1. The average molecular weight is 158 g/mol. The van der Waals surface area contributed by atoms with Crippen LogP contribution in [0.15, 0.2) is 0 Å². The molecule has 0 saturated carbocycles. The summed E-state index contributed by atoms with van der Waals surface area (Å²) in [5, 5.41) is 2.25. The van der Waals surface area contributed by atoms with Gasteiger partial charge < -0.3 is 15.8 Å². The molecule has 0 radical (unpaired) electrons. The molecule has 0 aliphatic carbocycles. The highest BCUT2D eigenvalue weighted by Gasteiger charge is 2.10. The van der Waals surface area contributed by atoms with Crippen molar-refractivity contribution < 1.29 is 14.4 Å². The van der Waals surface area contributed by atoms with Gasteiger partial charge in [0.05, 0.1) is 12.5 Å². The Morgan fingerprint density at radius 3 is 2.45 bits per heavy atom. The van der Waals surface area contributed by atoms with Crippen LogP contribution in [-0.2, 0) is 14.4 Å². The summed E-state index contributed by atoms with van der Waals surface area (Å²) in [5.41, 5.74) is 4.80. The number of nitrogens with one attached hydrogen (secondary N) is 1. The van der Waals surface area contributed by atoms with Crippen LogP contribution in [0.4, 0.5) is 0 Å². The molecule has 1 atom stereocenters. The fourth-order valence-electron chi connectivity index (χ4n) is 0.611. The van der Waals surface area contributed by atoms with Gasteiger partial charge in [-0.2, -0.15) is 0 Å². The summed E-state index contributed by atoms with van der Waals surface area (Å²) in [6, 6.07) is -0.787. The van der Waals surface area contributed by atoms with Crippen LogP contribution in [0.25, 0.3) is 0 Å². The van der Waals surface area contributed by atoms with Gasteiger partial charge in [-0.15, -0.1) is 0 Å². The molecule has 0 saturated heterocycles. The first-order valence-electron chi connectivity index (χ1n) is 3.07. The van der Waals surface area contributed by atoms with Crippen molar-refractivity contribution in [1.29, 1.82) is 0 Å². The molecule has 0 fully saturated rings. The molecule has 0 unspecified atom stereocenters. The number of amides is 2. The van der Waals surface area contributed by atoms with Gasteiger partial charge in [0.15, 0.2) is 0 Å². The van der Waals surface area contributed by atoms with Crippen molar-refractivity contribution in [1.82, 2.24) is 5.32 Å². The van der Waals surface area contributed by atoms with E-state index in [9.17, 15) is 14.4 Å². The van der Waals surface area contributed by atoms with E-state index in [-0.39, 0.29) is 12.3 Å². The lowest BCUT2D eigenvalue weighted by molar-refractivity contribution is -0.124. The van der Waals surface area contributed by atoms with Crippen molar-refractivity contribution in [2.24, 2.45) is 5.73 Å². The van der Waals surface area contributed by atoms with Crippen LogP contribution < -0.4 is 11.1 Å². The molecule has 2 amide bonds. The monoisotopic (exact) mass is 158 g/mol. The SMILES string of the molecule is CC(=O)N[C@@H](C=O)CC(N)=O. The summed E-state index contributed by atoms with van der Waals surface area (Å²) in [7, 11) is 0. The molecule has 0 aromatic rings. The Bertz CT molecular complexity index is 163. The molecule has 62 valence electrons. The predicted molar refractivity (Wildman–Crippen MR) is 37.5 cm³/mol. The fourth-order valence-corrected chi connectivity index (χ4v) is 0.611. The molecule has 3 N–H and O–H groups in total. The molecule has 5 heteroatoms. The third-order valence-corrected chi connectivity index (χ3v) is 0.974. The molecule has 11 heavy (non-hydrogen) atoms. The van der Waals surface area contributed by atoms with E-state index in [0.717, 1.165) is 0 Å². The number of primary amides is 1. The van der Waals surface area contributed by atoms with Crippen molar-refractivity contribution in [3.8, 4) is 0 Å². The van der Waals surface area contributed by atoms with Crippen molar-refractivity contribution >= 4 is 18.1 Å². The summed E-state index contributed by atoms with van der Waals surface area (Å²) >= 11 is 0. The molecule has 0 aromatic carbocycles. The Labute approximate surface area is 63.9 Å². The van der Waals surface area contributed by atoms with Crippen LogP contribution >= 0.6 is 0 Å². The second kappa shape index (κ2) is 4.43. The summed E-state index contributed by atoms with van der Waals surface area (Å²) in [4.78, 5) is 30.8. The van der Waals surface area contributed by atoms with Crippen LogP contribution in [0, 0.1) is 0 Å². The van der Waals surface area contributed by atoms with Gasteiger partial charge in [-0.05, 0) is 0 Å². The molecule has 0 aliphatic rings. The Morgan fingerprint density at radius 2 is 2.18 bits per heavy atom. The van der Waals surface area contributed by atoms with E-state index < -0.39 is 11.9 Å². The average Bonchev–Trinajstić information content (AvgIpc) is 1.84. The van der Waals surface area contributed by atoms with Gasteiger partial charge in [0.2, 0.25) is 11.8 Å². The first-order valence-corrected chi connectivity index (χ1v) is 3.07. The van der Waals surface area contributed by atoms with Crippen LogP contribution in [0.1, 0.15) is 13.3 Å². The maximum absolute atomic E-state index is 10.4. The van der Waals surface area contributed by atoms with E-state index in [1.165, 1.54) is 6.92 Å². The van der Waals surface area contributed by atoms with E-state index in [2.05, 4.69) is 5.32 Å². The standard InChI is InChI=1S/C6H10N2O3/c1-4(10)8-5(3-9)2-6(7)11/h3,5H,2H2,1H3,(H2,7,11)(H,8,10)/t5-/m1/s1. The predicted octanol–water partition coefficient (Wildman–Crippen LogP) is -1.43. The summed E-state index contributed by atoms with van der Waals surface area (Å²) in [6.45, 7) is 1.26. The Balaban J connectivity index is 3.85. The number of hydrogen-bond donors (Lipinski definition) is 2. The third-order valence-electron chi connectivity index (χ3n) is 0.974. The molecule has 5 nitrogen and oxygen atoms in total. The molecule has 0 aliphatic heterocycles. The van der Waals surface area contributed by atoms with E-state index >= 15 is 0 Å². The van der Waals surface area contributed by atoms with Crippen LogP contribution in [-0.4, -0.2) is 24.1 Å². The van der Waals surface area contributed by atoms with Crippen molar-refractivity contribution in [2.45, 2.75) is 19.4 Å². The molecule has 0 aromatic heterocycles. The second-order valence-electron chi connectivity index (χ2n) is 2.11. The van der Waals surface area contributed by atoms with Gasteiger partial charge in [0.1, 0.15) is 6.29 Å². The van der Waals surface area contributed by atoms with E-state index in [1.807, 2.05) is 0 Å². The highest BCUT2D eigenvalue weighted by Crippen LogP contribution is 1.85. The zero-order chi connectivity index (χ0) is 8.85. The van der Waals surface area contributed by atoms with Crippen LogP contribution in [0.2, 0.25) is 0 Å². The van der Waals surface area contributed by atoms with Gasteiger partial charge in [0.25, 0.3) is 0 Å². The number of rotatable bonds is 4. The maximum Gasteiger partial charge on any atom is 0.219 e. The number of nitrogens with two attached hydrogens (primary N) is 1. The van der Waals surface area contributed by atoms with Gasteiger partial charge in [0, 0.05) is 6.92 Å². The Kier molecular flexibility index (Phi) is 3.87. The van der Waals surface area contributed by atoms with Crippen LogP contribution in [0.3, 0.4) is 0 Å². The minimum Gasteiger partial charge on any atom is -0.370 e.